The number of anilines is 3. The van der Waals surface area contributed by atoms with Crippen LogP contribution in [0.3, 0.4) is 0 Å². The van der Waals surface area contributed by atoms with Gasteiger partial charge < -0.3 is 4.90 Å². The lowest BCUT2D eigenvalue weighted by atomic mass is 9.70. The molecule has 0 N–H and O–H groups in total. The van der Waals surface area contributed by atoms with Crippen LogP contribution >= 0.6 is 11.3 Å². The predicted molar refractivity (Wildman–Crippen MR) is 303 cm³/mol. The minimum absolute atomic E-state index is 0.520. The van der Waals surface area contributed by atoms with E-state index in [4.69, 9.17) is 0 Å². The molecule has 1 spiro atoms. The summed E-state index contributed by atoms with van der Waals surface area (Å²) in [6.45, 7) is 0. The first kappa shape index (κ1) is 39.1. The summed E-state index contributed by atoms with van der Waals surface area (Å²) in [5.41, 5.74) is 15.7. The second-order valence-corrected chi connectivity index (χ2v) is 20.5. The zero-order valence-corrected chi connectivity index (χ0v) is 39.3. The fraction of sp³-hybridized carbons (Fsp3) is 0.0145. The van der Waals surface area contributed by atoms with E-state index in [0.717, 1.165) is 17.1 Å². The van der Waals surface area contributed by atoms with Crippen LogP contribution in [0.1, 0.15) is 22.3 Å². The van der Waals surface area contributed by atoms with Crippen molar-refractivity contribution >= 4 is 102 Å². The molecule has 0 unspecified atom stereocenters. The van der Waals surface area contributed by atoms with Gasteiger partial charge in [-0.15, -0.1) is 11.3 Å². The van der Waals surface area contributed by atoms with E-state index < -0.39 is 5.41 Å². The molecule has 0 aliphatic heterocycles. The van der Waals surface area contributed by atoms with Crippen molar-refractivity contribution in [1.29, 1.82) is 0 Å². The molecule has 2 aliphatic carbocycles. The molecule has 2 aliphatic rings. The highest BCUT2D eigenvalue weighted by Crippen LogP contribution is 2.64. The molecule has 0 saturated heterocycles. The van der Waals surface area contributed by atoms with E-state index in [1.807, 2.05) is 11.3 Å². The van der Waals surface area contributed by atoms with Crippen molar-refractivity contribution in [3.63, 3.8) is 0 Å². The molecule has 0 saturated carbocycles. The van der Waals surface area contributed by atoms with E-state index in [1.54, 1.807) is 0 Å². The van der Waals surface area contributed by atoms with E-state index in [1.165, 1.54) is 130 Å². The Bertz CT molecular complexity index is 4530. The average Bonchev–Trinajstić information content (AvgIpc) is 4.07. The van der Waals surface area contributed by atoms with Gasteiger partial charge in [0.1, 0.15) is 0 Å². The van der Waals surface area contributed by atoms with Gasteiger partial charge in [-0.3, -0.25) is 0 Å². The minimum Gasteiger partial charge on any atom is -0.310 e. The van der Waals surface area contributed by atoms with Gasteiger partial charge in [0.25, 0.3) is 0 Å². The molecule has 1 nitrogen and oxygen atoms in total. The lowest BCUT2D eigenvalue weighted by Crippen LogP contribution is -2.26. The molecule has 2 heteroatoms. The Labute approximate surface area is 414 Å². The van der Waals surface area contributed by atoms with Gasteiger partial charge >= 0.3 is 0 Å². The van der Waals surface area contributed by atoms with Crippen LogP contribution in [-0.4, -0.2) is 0 Å². The monoisotopic (exact) mass is 915 g/mol. The van der Waals surface area contributed by atoms with Crippen molar-refractivity contribution < 1.29 is 0 Å². The first-order valence-electron chi connectivity index (χ1n) is 24.7. The van der Waals surface area contributed by atoms with Gasteiger partial charge in [-0.1, -0.05) is 200 Å². The summed E-state index contributed by atoms with van der Waals surface area (Å²) in [5, 5.41) is 15.1. The maximum Gasteiger partial charge on any atom is 0.0726 e. The number of thiophene rings is 1. The number of rotatable bonds is 4. The van der Waals surface area contributed by atoms with Gasteiger partial charge in [0.2, 0.25) is 0 Å². The smallest absolute Gasteiger partial charge is 0.0726 e. The second kappa shape index (κ2) is 14.6. The van der Waals surface area contributed by atoms with Crippen LogP contribution in [0.2, 0.25) is 0 Å². The average molecular weight is 916 g/mol. The molecule has 0 atom stereocenters. The normalized spacial score (nSPS) is 13.2. The SMILES string of the molecule is c1ccc2c(c1)-c1ccccc1C21c2ccccc2-c2cc(-c3ccc4c(c3)sc3ccccc34)c(N(c3ccc4c(ccc5ccccc54)c3)c3ccc4c5ccccc5c5ccccc5c4c3)cc21. The molecule has 328 valence electrons. The zero-order chi connectivity index (χ0) is 46.4. The third-order valence-electron chi connectivity index (χ3n) is 16.0. The van der Waals surface area contributed by atoms with Crippen molar-refractivity contribution in [3.8, 4) is 33.4 Å². The summed E-state index contributed by atoms with van der Waals surface area (Å²) >= 11 is 1.88. The van der Waals surface area contributed by atoms with E-state index in [0.29, 0.717) is 0 Å². The third-order valence-corrected chi connectivity index (χ3v) is 17.2. The molecule has 13 aromatic carbocycles. The van der Waals surface area contributed by atoms with E-state index in [-0.39, 0.29) is 0 Å². The Morgan fingerprint density at radius 1 is 0.268 bits per heavy atom. The van der Waals surface area contributed by atoms with Crippen molar-refractivity contribution in [2.75, 3.05) is 4.90 Å². The highest BCUT2D eigenvalue weighted by atomic mass is 32.1. The fourth-order valence-electron chi connectivity index (χ4n) is 13.0. The Morgan fingerprint density at radius 2 is 0.746 bits per heavy atom. The van der Waals surface area contributed by atoms with Gasteiger partial charge in [-0.05, 0) is 152 Å². The standard InChI is InChI=1S/C69H41NS/c1-2-16-47-42(15-1)29-30-43-37-45(32-35-48(43)47)70(46-33-36-53-51-19-4-3-17-49(51)50-18-5-6-20-52(50)60(53)39-46)66-41-65-61(40-59(66)44-31-34-58-57-24-10-14-28-67(57)71-68(58)38-44)56-23-9-13-27-64(56)69(65)62-25-11-7-21-54(62)55-22-8-12-26-63(55)69/h1-41H. The summed E-state index contributed by atoms with van der Waals surface area (Å²) < 4.78 is 2.60. The number of fused-ring (bicyclic) bond motifs is 22. The van der Waals surface area contributed by atoms with E-state index in [9.17, 15) is 0 Å². The largest absolute Gasteiger partial charge is 0.310 e. The maximum absolute atomic E-state index is 2.59. The molecule has 14 aromatic rings. The molecule has 0 bridgehead atoms. The first-order valence-corrected chi connectivity index (χ1v) is 25.5. The highest BCUT2D eigenvalue weighted by molar-refractivity contribution is 7.25. The molecule has 0 fully saturated rings. The Balaban J connectivity index is 1.05. The molecule has 0 amide bonds. The fourth-order valence-corrected chi connectivity index (χ4v) is 14.2. The number of hydrogen-bond acceptors (Lipinski definition) is 2. The molecule has 1 heterocycles. The van der Waals surface area contributed by atoms with Crippen LogP contribution in [0.5, 0.6) is 0 Å². The molecule has 71 heavy (non-hydrogen) atoms. The van der Waals surface area contributed by atoms with Crippen LogP contribution in [0, 0.1) is 0 Å². The Morgan fingerprint density at radius 3 is 1.44 bits per heavy atom. The number of hydrogen-bond donors (Lipinski definition) is 0. The van der Waals surface area contributed by atoms with Crippen LogP contribution in [0.4, 0.5) is 17.1 Å². The predicted octanol–water partition coefficient (Wildman–Crippen LogP) is 19.3. The van der Waals surface area contributed by atoms with Crippen LogP contribution in [-0.2, 0) is 5.41 Å². The first-order chi connectivity index (χ1) is 35.2. The van der Waals surface area contributed by atoms with E-state index in [2.05, 4.69) is 254 Å². The minimum atomic E-state index is -0.520. The van der Waals surface area contributed by atoms with Crippen LogP contribution in [0.25, 0.3) is 107 Å². The summed E-state index contributed by atoms with van der Waals surface area (Å²) in [7, 11) is 0. The third kappa shape index (κ3) is 5.35. The highest BCUT2D eigenvalue weighted by Gasteiger charge is 2.52. The topological polar surface area (TPSA) is 3.24 Å². The molecular weight excluding hydrogens is 875 g/mol. The second-order valence-electron chi connectivity index (χ2n) is 19.5. The van der Waals surface area contributed by atoms with Crippen molar-refractivity contribution in [2.24, 2.45) is 0 Å². The van der Waals surface area contributed by atoms with Gasteiger partial charge in [-0.2, -0.15) is 0 Å². The lowest BCUT2D eigenvalue weighted by Gasteiger charge is -2.33. The van der Waals surface area contributed by atoms with Gasteiger partial charge in [0.15, 0.2) is 0 Å². The maximum atomic E-state index is 2.59. The number of benzene rings is 13. The van der Waals surface area contributed by atoms with Gasteiger partial charge in [0.05, 0.1) is 11.1 Å². The summed E-state index contributed by atoms with van der Waals surface area (Å²) in [6.07, 6.45) is 0. The number of nitrogens with zero attached hydrogens (tertiary/aromatic N) is 1. The van der Waals surface area contributed by atoms with Crippen molar-refractivity contribution in [1.82, 2.24) is 0 Å². The van der Waals surface area contributed by atoms with Crippen LogP contribution < -0.4 is 4.90 Å². The zero-order valence-electron chi connectivity index (χ0n) is 38.5. The van der Waals surface area contributed by atoms with Gasteiger partial charge in [-0.25, -0.2) is 0 Å². The molecular formula is C69H41NS. The summed E-state index contributed by atoms with van der Waals surface area (Å²) in [5.74, 6) is 0. The summed E-state index contributed by atoms with van der Waals surface area (Å²) in [4.78, 5) is 2.58. The molecule has 16 rings (SSSR count). The van der Waals surface area contributed by atoms with Crippen LogP contribution in [0.15, 0.2) is 249 Å². The van der Waals surface area contributed by atoms with Crippen molar-refractivity contribution in [2.45, 2.75) is 5.41 Å². The van der Waals surface area contributed by atoms with Crippen molar-refractivity contribution in [3.05, 3.63) is 271 Å². The quantitative estimate of drug-likeness (QED) is 0.159. The lowest BCUT2D eigenvalue weighted by molar-refractivity contribution is 0.794. The molecule has 0 radical (unpaired) electrons. The molecule has 1 aromatic heterocycles. The summed E-state index contributed by atoms with van der Waals surface area (Å²) in [6, 6.07) is 94.1. The van der Waals surface area contributed by atoms with E-state index >= 15 is 0 Å². The Kier molecular flexibility index (Phi) is 8.04. The van der Waals surface area contributed by atoms with Gasteiger partial charge in [0, 0.05) is 37.1 Å². The Hall–Kier alpha value is -8.82.